The van der Waals surface area contributed by atoms with Crippen molar-refractivity contribution in [2.75, 3.05) is 44.8 Å². The minimum atomic E-state index is -5.49. The average Bonchev–Trinajstić information content (AvgIpc) is 3.67. The predicted molar refractivity (Wildman–Crippen MR) is 173 cm³/mol. The van der Waals surface area contributed by atoms with Gasteiger partial charge in [0.25, 0.3) is 17.1 Å². The van der Waals surface area contributed by atoms with Gasteiger partial charge in [-0.25, -0.2) is 27.3 Å². The number of aromatic amines is 2. The lowest BCUT2D eigenvalue weighted by Gasteiger charge is -2.35. The van der Waals surface area contributed by atoms with Crippen LogP contribution in [-0.2, 0) is 47.9 Å². The molecule has 2 saturated heterocycles. The summed E-state index contributed by atoms with van der Waals surface area (Å²) in [7, 11) is -7.63. The van der Waals surface area contributed by atoms with Crippen molar-refractivity contribution >= 4 is 64.9 Å². The molecule has 2 aliphatic heterocycles. The molecule has 9 atom stereocenters. The van der Waals surface area contributed by atoms with Gasteiger partial charge < -0.3 is 53.1 Å². The normalized spacial score (nSPS) is 27.8. The number of likely N-dealkylation sites (N-methyl/N-ethyl adjacent to an activating group) is 1. The number of H-pyrrole nitrogens is 2. The van der Waals surface area contributed by atoms with Crippen molar-refractivity contribution in [1.82, 2.24) is 39.0 Å². The maximum absolute atomic E-state index is 12.7. The molecule has 0 aliphatic carbocycles. The molecule has 6 rings (SSSR count). The highest BCUT2D eigenvalue weighted by atomic mass is 31.3. The van der Waals surface area contributed by atoms with Crippen LogP contribution >= 0.6 is 23.1 Å². The van der Waals surface area contributed by atoms with Gasteiger partial charge in [-0.15, -0.1) is 0 Å². The van der Waals surface area contributed by atoms with Crippen molar-refractivity contribution in [3.05, 3.63) is 33.4 Å². The van der Waals surface area contributed by atoms with Crippen LogP contribution in [0.2, 0.25) is 0 Å². The molecule has 3 radical (unpaired) electrons. The number of nitrogens with one attached hydrogen (secondary N) is 2. The topological polar surface area (TPSA) is 361 Å². The van der Waals surface area contributed by atoms with Crippen molar-refractivity contribution in [3.63, 3.8) is 0 Å². The summed E-state index contributed by atoms with van der Waals surface area (Å²) in [5.41, 5.74) is 10.2. The van der Waals surface area contributed by atoms with Gasteiger partial charge in [0.2, 0.25) is 11.5 Å². The Morgan fingerprint density at radius 1 is 0.981 bits per heavy atom. The first kappa shape index (κ1) is 38.3. The molecule has 6 heterocycles. The van der Waals surface area contributed by atoms with Gasteiger partial charge in [-0.2, -0.15) is 4.98 Å². The van der Waals surface area contributed by atoms with Crippen molar-refractivity contribution in [3.8, 4) is 0 Å². The van der Waals surface area contributed by atoms with Gasteiger partial charge in [0, 0.05) is 6.54 Å². The number of aryl methyl sites for hydroxylation is 1. The number of phosphoric acid groups is 2. The lowest BCUT2D eigenvalue weighted by atomic mass is 10.1. The number of morpholine rings is 1. The SMILES string of the molecule is [B-]P(=O)(OP(=O)(O)OCC1CN(C)CC([n+]2cn(C)c3c(=O)[nH]c(N)nc32)O1)OP(=O)(O)OC[C@H]1O[C@@H](n2cnc3c(=O)[nH]c(N)nc32)[C@H](O)[C@@H]1O. The molecule has 0 bridgehead atoms. The van der Waals surface area contributed by atoms with E-state index < -0.39 is 84.3 Å². The summed E-state index contributed by atoms with van der Waals surface area (Å²) in [6, 6.07) is 0. The number of aliphatic hydroxyl groups excluding tert-OH is 2. The van der Waals surface area contributed by atoms with Crippen LogP contribution in [0.5, 0.6) is 0 Å². The molecule has 30 heteroatoms. The molecule has 2 aliphatic rings. The lowest BCUT2D eigenvalue weighted by molar-refractivity contribution is -0.747. The number of aromatic nitrogens is 8. The predicted octanol–water partition coefficient (Wildman–Crippen LogP) is -3.16. The van der Waals surface area contributed by atoms with Crippen molar-refractivity contribution < 1.29 is 65.4 Å². The summed E-state index contributed by atoms with van der Waals surface area (Å²) in [5.74, 6) is -0.411. The lowest BCUT2D eigenvalue weighted by Crippen LogP contribution is -2.54. The minimum absolute atomic E-state index is 0.113. The maximum Gasteiger partial charge on any atom is 0.476 e. The molecular weight excluding hydrogens is 762 g/mol. The third kappa shape index (κ3) is 8.07. The smallest absolute Gasteiger partial charge is 0.442 e. The van der Waals surface area contributed by atoms with E-state index in [0.29, 0.717) is 0 Å². The number of nitrogens with zero attached hydrogens (tertiary/aromatic N) is 7. The van der Waals surface area contributed by atoms with Crippen LogP contribution < -0.4 is 27.2 Å². The summed E-state index contributed by atoms with van der Waals surface area (Å²) in [6.45, 7) is -1.18. The molecule has 10 N–H and O–H groups in total. The Bertz CT molecular complexity index is 2270. The van der Waals surface area contributed by atoms with E-state index in [1.807, 2.05) is 0 Å². The largest absolute Gasteiger partial charge is 0.476 e. The van der Waals surface area contributed by atoms with E-state index in [0.717, 1.165) is 10.9 Å². The Morgan fingerprint density at radius 3 is 2.31 bits per heavy atom. The van der Waals surface area contributed by atoms with Gasteiger partial charge in [0.1, 0.15) is 18.3 Å². The second-order valence-electron chi connectivity index (χ2n) is 11.7. The van der Waals surface area contributed by atoms with Crippen LogP contribution in [0.3, 0.4) is 0 Å². The van der Waals surface area contributed by atoms with Gasteiger partial charge in [0.05, 0.1) is 46.7 Å². The van der Waals surface area contributed by atoms with E-state index in [2.05, 4.69) is 33.5 Å². The zero-order valence-electron chi connectivity index (χ0n) is 26.9. The Kier molecular flexibility index (Phi) is 10.4. The van der Waals surface area contributed by atoms with Crippen LogP contribution in [-0.4, -0.2) is 124 Å². The zero-order chi connectivity index (χ0) is 37.9. The van der Waals surface area contributed by atoms with Crippen LogP contribution in [0.1, 0.15) is 12.5 Å². The molecule has 52 heavy (non-hydrogen) atoms. The van der Waals surface area contributed by atoms with Gasteiger partial charge in [-0.3, -0.25) is 42.6 Å². The summed E-state index contributed by atoms with van der Waals surface area (Å²) < 4.78 is 72.0. The number of fused-ring (bicyclic) bond motifs is 2. The fraction of sp³-hybridized carbons (Fsp3) is 0.545. The van der Waals surface area contributed by atoms with E-state index in [1.165, 1.54) is 9.13 Å². The molecule has 4 aromatic rings. The average molecular weight is 794 g/mol. The molecule has 26 nitrogen and oxygen atoms in total. The first-order valence-corrected chi connectivity index (χ1v) is 19.4. The van der Waals surface area contributed by atoms with Crippen molar-refractivity contribution in [1.29, 1.82) is 0 Å². The van der Waals surface area contributed by atoms with E-state index in [-0.39, 0.29) is 47.3 Å². The van der Waals surface area contributed by atoms with E-state index >= 15 is 0 Å². The number of phosphoric ester groups is 2. The number of ether oxygens (including phenoxy) is 2. The van der Waals surface area contributed by atoms with Gasteiger partial charge in [-0.1, -0.05) is 4.98 Å². The molecule has 0 amide bonds. The first-order valence-electron chi connectivity index (χ1n) is 14.8. The number of nitrogen functional groups attached to an aromatic ring is 2. The Labute approximate surface area is 291 Å². The summed E-state index contributed by atoms with van der Waals surface area (Å²) in [5, 5.41) is 21.0. The molecule has 5 unspecified atom stereocenters. The molecule has 0 saturated carbocycles. The highest BCUT2D eigenvalue weighted by molar-refractivity contribution is 7.86. The number of aliphatic hydroxyl groups is 2. The summed E-state index contributed by atoms with van der Waals surface area (Å²) in [6.07, 6.45) is -5.53. The highest BCUT2D eigenvalue weighted by Crippen LogP contribution is 2.67. The fourth-order valence-electron chi connectivity index (χ4n) is 5.64. The van der Waals surface area contributed by atoms with Gasteiger partial charge in [-0.05, 0) is 7.05 Å². The third-order valence-electron chi connectivity index (χ3n) is 7.75. The molecule has 283 valence electrons. The van der Waals surface area contributed by atoms with Crippen LogP contribution in [0.25, 0.3) is 22.3 Å². The van der Waals surface area contributed by atoms with E-state index in [1.54, 1.807) is 25.3 Å². The zero-order valence-corrected chi connectivity index (χ0v) is 29.6. The number of anilines is 2. The van der Waals surface area contributed by atoms with Crippen LogP contribution in [0.15, 0.2) is 22.2 Å². The molecular formula is C22H32BN11O15P3. The van der Waals surface area contributed by atoms with E-state index in [9.17, 15) is 43.3 Å². The van der Waals surface area contributed by atoms with Gasteiger partial charge in [0.15, 0.2) is 29.9 Å². The Morgan fingerprint density at radius 2 is 1.62 bits per heavy atom. The number of hydrogen-bond donors (Lipinski definition) is 8. The molecule has 0 aromatic carbocycles. The third-order valence-corrected chi connectivity index (χ3v) is 12.2. The van der Waals surface area contributed by atoms with E-state index in [4.69, 9.17) is 37.6 Å². The van der Waals surface area contributed by atoms with Crippen molar-refractivity contribution in [2.24, 2.45) is 7.05 Å². The molecule has 2 fully saturated rings. The van der Waals surface area contributed by atoms with Gasteiger partial charge >= 0.3 is 21.3 Å². The highest BCUT2D eigenvalue weighted by Gasteiger charge is 2.46. The summed E-state index contributed by atoms with van der Waals surface area (Å²) in [4.78, 5) is 63.3. The Hall–Kier alpha value is -3.39. The monoisotopic (exact) mass is 794 g/mol. The van der Waals surface area contributed by atoms with Crippen LogP contribution in [0, 0.1) is 0 Å². The standard InChI is InChI=1S/C22H31BN11O15P3/c1-31-3-9(46-11(4-31)34-8-32(2)13-17(34)28-22(25)30-19(13)38)5-44-51(40,41)48-50(23,39)49-52(42,43)45-6-10-14(35)15(36)20(47-10)33-7-26-12-16(33)27-21(24)29-18(12)37/h7-11,14-15,20,35-36H,3-6H2,1-2H3,(H7-,24,25,27,28,29,30,37,38,40,41,42,43)/q-1/p+1/t9?,10-,11?,14-,15-,20-,50?/m1/s1. The number of rotatable bonds is 12. The molecule has 0 spiro atoms. The number of hydrogen-bond acceptors (Lipinski definition) is 19. The second kappa shape index (κ2) is 14.1. The summed E-state index contributed by atoms with van der Waals surface area (Å²) >= 11 is 0. The fourth-order valence-corrected chi connectivity index (χ4v) is 9.40. The Balaban J connectivity index is 1.04. The number of imidazole rings is 2. The van der Waals surface area contributed by atoms with Crippen LogP contribution in [0.4, 0.5) is 11.9 Å². The molecule has 4 aromatic heterocycles. The minimum Gasteiger partial charge on any atom is -0.442 e. The number of nitrogens with two attached hydrogens (primary N) is 2. The second-order valence-corrected chi connectivity index (χ2v) is 16.5. The first-order chi connectivity index (χ1) is 24.2. The quantitative estimate of drug-likeness (QED) is 0.0398. The van der Waals surface area contributed by atoms with Crippen molar-refractivity contribution in [2.45, 2.75) is 36.9 Å². The maximum atomic E-state index is 12.7.